The lowest BCUT2D eigenvalue weighted by molar-refractivity contribution is 0.283. The molecule has 0 aliphatic carbocycles. The normalized spacial score (nSPS) is 10.4. The molecule has 0 spiro atoms. The molecule has 0 amide bonds. The number of hydrogen-bond acceptors (Lipinski definition) is 3. The molecule has 1 aromatic carbocycles. The van der Waals surface area contributed by atoms with Crippen molar-refractivity contribution in [3.8, 4) is 0 Å². The molecule has 0 aliphatic heterocycles. The molecule has 1 aromatic rings. The number of rotatable bonds is 7. The molecule has 0 saturated heterocycles. The van der Waals surface area contributed by atoms with Gasteiger partial charge >= 0.3 is 0 Å². The zero-order valence-electron chi connectivity index (χ0n) is 10.6. The highest BCUT2D eigenvalue weighted by molar-refractivity contribution is 5.95. The third-order valence-electron chi connectivity index (χ3n) is 2.82. The molecule has 0 bridgehead atoms. The van der Waals surface area contributed by atoms with Gasteiger partial charge in [0.2, 0.25) is 0 Å². The van der Waals surface area contributed by atoms with Crippen LogP contribution in [0.1, 0.15) is 24.8 Å². The molecule has 0 aliphatic rings. The molecule has 0 atom stereocenters. The number of nitrogen functional groups attached to an aromatic ring is 1. The van der Waals surface area contributed by atoms with Gasteiger partial charge in [0.05, 0.1) is 5.69 Å². The van der Waals surface area contributed by atoms with E-state index in [9.17, 15) is 4.39 Å². The van der Waals surface area contributed by atoms with Gasteiger partial charge < -0.3 is 15.7 Å². The Balaban J connectivity index is 2.62. The minimum atomic E-state index is -0.368. The van der Waals surface area contributed by atoms with E-state index in [0.717, 1.165) is 25.8 Å². The predicted molar refractivity (Wildman–Crippen MR) is 71.6 cm³/mol. The SMILES string of the molecule is CN(CCCCCO)c1ccc(C(=N)N)cc1F. The summed E-state index contributed by atoms with van der Waals surface area (Å²) in [6.45, 7) is 0.932. The standard InChI is InChI=1S/C13H20FN3O/c1-17(7-3-2-4-8-18)12-6-5-10(13(15)16)9-11(12)14/h5-6,9,18H,2-4,7-8H2,1H3,(H3,15,16). The van der Waals surface area contributed by atoms with Crippen molar-refractivity contribution in [1.82, 2.24) is 0 Å². The summed E-state index contributed by atoms with van der Waals surface area (Å²) in [6, 6.07) is 4.56. The second kappa shape index (κ2) is 6.96. The molecule has 1 rings (SSSR count). The average molecular weight is 253 g/mol. The summed E-state index contributed by atoms with van der Waals surface area (Å²) in [5, 5.41) is 15.9. The van der Waals surface area contributed by atoms with E-state index < -0.39 is 0 Å². The van der Waals surface area contributed by atoms with Crippen molar-refractivity contribution in [2.45, 2.75) is 19.3 Å². The molecule has 0 saturated carbocycles. The summed E-state index contributed by atoms with van der Waals surface area (Å²) in [5.74, 6) is -0.501. The lowest BCUT2D eigenvalue weighted by atomic mass is 10.1. The van der Waals surface area contributed by atoms with E-state index in [-0.39, 0.29) is 18.3 Å². The van der Waals surface area contributed by atoms with Crippen LogP contribution in [0.15, 0.2) is 18.2 Å². The van der Waals surface area contributed by atoms with Gasteiger partial charge in [-0.15, -0.1) is 0 Å². The summed E-state index contributed by atoms with van der Waals surface area (Å²) >= 11 is 0. The fraction of sp³-hybridized carbons (Fsp3) is 0.462. The highest BCUT2D eigenvalue weighted by Crippen LogP contribution is 2.19. The van der Waals surface area contributed by atoms with Gasteiger partial charge in [0.15, 0.2) is 0 Å². The van der Waals surface area contributed by atoms with Crippen LogP contribution < -0.4 is 10.6 Å². The van der Waals surface area contributed by atoms with Crippen LogP contribution in [0.4, 0.5) is 10.1 Å². The van der Waals surface area contributed by atoms with Crippen molar-refractivity contribution in [3.05, 3.63) is 29.6 Å². The van der Waals surface area contributed by atoms with Gasteiger partial charge in [-0.25, -0.2) is 4.39 Å². The Morgan fingerprint density at radius 1 is 1.39 bits per heavy atom. The number of anilines is 1. The van der Waals surface area contributed by atoms with Crippen LogP contribution in [-0.4, -0.2) is 31.1 Å². The van der Waals surface area contributed by atoms with Crippen LogP contribution in [0, 0.1) is 11.2 Å². The fourth-order valence-electron chi connectivity index (χ4n) is 1.74. The van der Waals surface area contributed by atoms with E-state index >= 15 is 0 Å². The average Bonchev–Trinajstić information content (AvgIpc) is 2.34. The zero-order chi connectivity index (χ0) is 13.5. The number of nitrogens with two attached hydrogens (primary N) is 1. The predicted octanol–water partition coefficient (Wildman–Crippen LogP) is 1.71. The van der Waals surface area contributed by atoms with Crippen LogP contribution >= 0.6 is 0 Å². The Morgan fingerprint density at radius 3 is 2.67 bits per heavy atom. The van der Waals surface area contributed by atoms with Gasteiger partial charge in [-0.3, -0.25) is 5.41 Å². The third kappa shape index (κ3) is 4.00. The first-order chi connectivity index (χ1) is 8.56. The van der Waals surface area contributed by atoms with E-state index in [0.29, 0.717) is 11.3 Å². The summed E-state index contributed by atoms with van der Waals surface area (Å²) < 4.78 is 13.8. The molecular weight excluding hydrogens is 233 g/mol. The van der Waals surface area contributed by atoms with E-state index in [2.05, 4.69) is 0 Å². The number of amidine groups is 1. The molecule has 4 nitrogen and oxygen atoms in total. The fourth-order valence-corrected chi connectivity index (χ4v) is 1.74. The minimum absolute atomic E-state index is 0.133. The molecule has 5 heteroatoms. The van der Waals surface area contributed by atoms with Crippen LogP contribution in [0.2, 0.25) is 0 Å². The number of benzene rings is 1. The minimum Gasteiger partial charge on any atom is -0.396 e. The van der Waals surface area contributed by atoms with E-state index in [4.69, 9.17) is 16.2 Å². The Labute approximate surface area is 107 Å². The number of nitrogens with zero attached hydrogens (tertiary/aromatic N) is 1. The van der Waals surface area contributed by atoms with Gasteiger partial charge in [0, 0.05) is 25.8 Å². The Bertz CT molecular complexity index is 409. The molecule has 0 unspecified atom stereocenters. The zero-order valence-corrected chi connectivity index (χ0v) is 10.6. The highest BCUT2D eigenvalue weighted by Gasteiger charge is 2.09. The van der Waals surface area contributed by atoms with Crippen molar-refractivity contribution in [3.63, 3.8) is 0 Å². The van der Waals surface area contributed by atoms with E-state index in [1.807, 2.05) is 11.9 Å². The van der Waals surface area contributed by atoms with Gasteiger partial charge in [0.1, 0.15) is 11.7 Å². The van der Waals surface area contributed by atoms with Gasteiger partial charge in [-0.2, -0.15) is 0 Å². The molecule has 0 radical (unpaired) electrons. The van der Waals surface area contributed by atoms with Crippen molar-refractivity contribution >= 4 is 11.5 Å². The van der Waals surface area contributed by atoms with Crippen molar-refractivity contribution in [1.29, 1.82) is 5.41 Å². The Morgan fingerprint density at radius 2 is 2.11 bits per heavy atom. The van der Waals surface area contributed by atoms with Crippen LogP contribution in [-0.2, 0) is 0 Å². The molecule has 100 valence electrons. The quantitative estimate of drug-likeness (QED) is 0.393. The molecular formula is C13H20FN3O. The van der Waals surface area contributed by atoms with Crippen molar-refractivity contribution in [2.24, 2.45) is 5.73 Å². The van der Waals surface area contributed by atoms with Gasteiger partial charge in [-0.1, -0.05) is 0 Å². The highest BCUT2D eigenvalue weighted by atomic mass is 19.1. The van der Waals surface area contributed by atoms with Crippen molar-refractivity contribution < 1.29 is 9.50 Å². The maximum absolute atomic E-state index is 13.8. The number of halogens is 1. The summed E-state index contributed by atoms with van der Waals surface area (Å²) in [4.78, 5) is 1.83. The monoisotopic (exact) mass is 253 g/mol. The second-order valence-corrected chi connectivity index (χ2v) is 4.29. The largest absolute Gasteiger partial charge is 0.396 e. The Kier molecular flexibility index (Phi) is 5.58. The number of unbranched alkanes of at least 4 members (excludes halogenated alkanes) is 2. The van der Waals surface area contributed by atoms with E-state index in [1.54, 1.807) is 12.1 Å². The van der Waals surface area contributed by atoms with Crippen LogP contribution in [0.3, 0.4) is 0 Å². The topological polar surface area (TPSA) is 73.3 Å². The number of nitrogens with one attached hydrogen (secondary N) is 1. The number of hydrogen-bond donors (Lipinski definition) is 3. The second-order valence-electron chi connectivity index (χ2n) is 4.29. The van der Waals surface area contributed by atoms with Crippen LogP contribution in [0.5, 0.6) is 0 Å². The Hall–Kier alpha value is -1.62. The molecule has 18 heavy (non-hydrogen) atoms. The van der Waals surface area contributed by atoms with E-state index in [1.165, 1.54) is 6.07 Å². The van der Waals surface area contributed by atoms with Gasteiger partial charge in [-0.05, 0) is 37.5 Å². The maximum atomic E-state index is 13.8. The van der Waals surface area contributed by atoms with Gasteiger partial charge in [0.25, 0.3) is 0 Å². The first-order valence-electron chi connectivity index (χ1n) is 6.02. The summed E-state index contributed by atoms with van der Waals surface area (Å²) in [7, 11) is 1.82. The first kappa shape index (κ1) is 14.4. The molecule has 4 N–H and O–H groups in total. The smallest absolute Gasteiger partial charge is 0.147 e. The summed E-state index contributed by atoms with van der Waals surface area (Å²) in [6.07, 6.45) is 2.61. The maximum Gasteiger partial charge on any atom is 0.147 e. The summed E-state index contributed by atoms with van der Waals surface area (Å²) in [5.41, 5.74) is 6.20. The lowest BCUT2D eigenvalue weighted by Crippen LogP contribution is -2.20. The van der Waals surface area contributed by atoms with Crippen LogP contribution in [0.25, 0.3) is 0 Å². The number of aliphatic hydroxyl groups excluding tert-OH is 1. The first-order valence-corrected chi connectivity index (χ1v) is 6.02. The molecule has 0 heterocycles. The molecule has 0 fully saturated rings. The number of aliphatic hydroxyl groups is 1. The lowest BCUT2D eigenvalue weighted by Gasteiger charge is -2.20. The third-order valence-corrected chi connectivity index (χ3v) is 2.82. The molecule has 0 aromatic heterocycles. The van der Waals surface area contributed by atoms with Crippen molar-refractivity contribution in [2.75, 3.05) is 25.1 Å².